The van der Waals surface area contributed by atoms with Gasteiger partial charge in [-0.2, -0.15) is 0 Å². The van der Waals surface area contributed by atoms with Gasteiger partial charge in [0.15, 0.2) is 0 Å². The van der Waals surface area contributed by atoms with Crippen LogP contribution in [0.5, 0.6) is 0 Å². The predicted octanol–water partition coefficient (Wildman–Crippen LogP) is 16.2. The minimum atomic E-state index is 1.11. The van der Waals surface area contributed by atoms with Gasteiger partial charge in [0.05, 0.1) is 0 Å². The van der Waals surface area contributed by atoms with Gasteiger partial charge in [-0.25, -0.2) is 0 Å². The number of aryl methyl sites for hydroxylation is 3. The van der Waals surface area contributed by atoms with Gasteiger partial charge in [0.2, 0.25) is 0 Å². The molecule has 0 fully saturated rings. The van der Waals surface area contributed by atoms with E-state index >= 15 is 0 Å². The van der Waals surface area contributed by atoms with Crippen LogP contribution in [0, 0.1) is 20.8 Å². The van der Waals surface area contributed by atoms with E-state index in [1.165, 1.54) is 82.4 Å². The summed E-state index contributed by atoms with van der Waals surface area (Å²) >= 11 is 0. The Bertz CT molecular complexity index is 2960. The normalized spacial score (nSPS) is 11.0. The van der Waals surface area contributed by atoms with Gasteiger partial charge in [0, 0.05) is 17.1 Å². The molecule has 0 spiro atoms. The van der Waals surface area contributed by atoms with E-state index < -0.39 is 0 Å². The van der Waals surface area contributed by atoms with Gasteiger partial charge in [0.1, 0.15) is 0 Å². The predicted molar refractivity (Wildman–Crippen MR) is 251 cm³/mol. The molecule has 58 heavy (non-hydrogen) atoms. The number of rotatable bonds is 6. The molecule has 0 saturated heterocycles. The van der Waals surface area contributed by atoms with E-state index in [0.29, 0.717) is 0 Å². The Morgan fingerprint density at radius 3 is 1.22 bits per heavy atom. The quantitative estimate of drug-likeness (QED) is 0.153. The van der Waals surface area contributed by atoms with Crippen LogP contribution < -0.4 is 4.90 Å². The number of anilines is 3. The molecule has 0 heterocycles. The van der Waals surface area contributed by atoms with Gasteiger partial charge in [0.25, 0.3) is 0 Å². The van der Waals surface area contributed by atoms with Crippen LogP contribution in [-0.2, 0) is 0 Å². The first-order chi connectivity index (χ1) is 28.5. The Balaban J connectivity index is 0.000000565. The molecule has 10 aromatic carbocycles. The molecule has 278 valence electrons. The van der Waals surface area contributed by atoms with Gasteiger partial charge in [-0.05, 0) is 140 Å². The van der Waals surface area contributed by atoms with Crippen LogP contribution in [0.3, 0.4) is 0 Å². The molecule has 0 radical (unpaired) electrons. The van der Waals surface area contributed by atoms with Crippen molar-refractivity contribution in [2.24, 2.45) is 0 Å². The molecule has 0 atom stereocenters. The number of nitrogens with zero attached hydrogens (tertiary/aromatic N) is 1. The fourth-order valence-electron chi connectivity index (χ4n) is 8.22. The molecule has 1 heteroatoms. The Morgan fingerprint density at radius 2 is 0.672 bits per heavy atom. The summed E-state index contributed by atoms with van der Waals surface area (Å²) in [6, 6.07) is 78.8. The summed E-state index contributed by atoms with van der Waals surface area (Å²) in [5.74, 6) is 0. The maximum atomic E-state index is 2.38. The fraction of sp³-hybridized carbons (Fsp3) is 0.0526. The van der Waals surface area contributed by atoms with E-state index in [9.17, 15) is 0 Å². The molecule has 0 unspecified atom stereocenters. The van der Waals surface area contributed by atoms with Crippen molar-refractivity contribution in [1.82, 2.24) is 0 Å². The van der Waals surface area contributed by atoms with E-state index in [2.05, 4.69) is 226 Å². The Morgan fingerprint density at radius 1 is 0.259 bits per heavy atom. The zero-order valence-electron chi connectivity index (χ0n) is 33.2. The summed E-state index contributed by atoms with van der Waals surface area (Å²) < 4.78 is 0. The van der Waals surface area contributed by atoms with Gasteiger partial charge < -0.3 is 4.90 Å². The summed E-state index contributed by atoms with van der Waals surface area (Å²) in [6.07, 6.45) is 0. The lowest BCUT2D eigenvalue weighted by atomic mass is 9.93. The molecule has 0 aliphatic carbocycles. The number of benzene rings is 10. The van der Waals surface area contributed by atoms with E-state index in [1.807, 2.05) is 18.2 Å². The Kier molecular flexibility index (Phi) is 10.1. The maximum absolute atomic E-state index is 2.38. The summed E-state index contributed by atoms with van der Waals surface area (Å²) in [4.78, 5) is 2.38. The summed E-state index contributed by atoms with van der Waals surface area (Å²) in [5.41, 5.74) is 14.7. The largest absolute Gasteiger partial charge is 0.310 e. The lowest BCUT2D eigenvalue weighted by Crippen LogP contribution is -2.10. The number of hydrogen-bond donors (Lipinski definition) is 0. The molecule has 10 aromatic rings. The third kappa shape index (κ3) is 7.27. The van der Waals surface area contributed by atoms with E-state index in [-0.39, 0.29) is 0 Å². The van der Waals surface area contributed by atoms with Gasteiger partial charge in [-0.1, -0.05) is 181 Å². The molecule has 1 nitrogen and oxygen atoms in total. The average molecular weight is 744 g/mol. The third-order valence-corrected chi connectivity index (χ3v) is 11.3. The van der Waals surface area contributed by atoms with Gasteiger partial charge in [-0.3, -0.25) is 0 Å². The Hall–Kier alpha value is -7.22. The van der Waals surface area contributed by atoms with Crippen molar-refractivity contribution in [3.63, 3.8) is 0 Å². The van der Waals surface area contributed by atoms with Crippen molar-refractivity contribution in [1.29, 1.82) is 0 Å². The van der Waals surface area contributed by atoms with E-state index in [1.54, 1.807) is 0 Å². The first-order valence-corrected chi connectivity index (χ1v) is 20.1. The molecule has 0 aliphatic rings. The van der Waals surface area contributed by atoms with Gasteiger partial charge >= 0.3 is 0 Å². The summed E-state index contributed by atoms with van der Waals surface area (Å²) in [7, 11) is 0. The molecular formula is C57H45N. The molecule has 10 rings (SSSR count). The highest BCUT2D eigenvalue weighted by Gasteiger charge is 2.17. The smallest absolute Gasteiger partial charge is 0.0468 e. The van der Waals surface area contributed by atoms with Crippen molar-refractivity contribution in [2.75, 3.05) is 4.90 Å². The number of hydrogen-bond acceptors (Lipinski definition) is 1. The molecule has 0 saturated carbocycles. The van der Waals surface area contributed by atoms with Gasteiger partial charge in [-0.15, -0.1) is 0 Å². The second-order valence-electron chi connectivity index (χ2n) is 15.1. The van der Waals surface area contributed by atoms with E-state index in [4.69, 9.17) is 0 Å². The van der Waals surface area contributed by atoms with Crippen LogP contribution in [0.2, 0.25) is 0 Å². The third-order valence-electron chi connectivity index (χ3n) is 11.3. The monoisotopic (exact) mass is 743 g/mol. The van der Waals surface area contributed by atoms with Crippen LogP contribution in [0.25, 0.3) is 65.7 Å². The molecule has 0 aliphatic heterocycles. The molecule has 0 N–H and O–H groups in total. The number of fused-ring (bicyclic) bond motifs is 6. The van der Waals surface area contributed by atoms with Crippen LogP contribution in [0.1, 0.15) is 16.7 Å². The Labute approximate surface area is 342 Å². The topological polar surface area (TPSA) is 3.24 Å². The minimum absolute atomic E-state index is 1.11. The van der Waals surface area contributed by atoms with Crippen LogP contribution >= 0.6 is 0 Å². The highest BCUT2D eigenvalue weighted by atomic mass is 15.1. The fourth-order valence-corrected chi connectivity index (χ4v) is 8.22. The van der Waals surface area contributed by atoms with Crippen molar-refractivity contribution in [2.45, 2.75) is 20.8 Å². The summed E-state index contributed by atoms with van der Waals surface area (Å²) in [5, 5.41) is 7.65. The maximum Gasteiger partial charge on any atom is 0.0468 e. The van der Waals surface area contributed by atoms with Crippen molar-refractivity contribution < 1.29 is 0 Å². The van der Waals surface area contributed by atoms with Crippen LogP contribution in [0.15, 0.2) is 218 Å². The van der Waals surface area contributed by atoms with Crippen molar-refractivity contribution >= 4 is 49.4 Å². The standard InChI is InChI=1S/C50H37N.C7H8/c1-34-12-6-7-15-43(34)49-32-39(21-20-35(49)2)38-24-28-41(29-25-38)51(40-26-22-37(23-27-40)36-13-4-3-5-14-36)42-30-31-48-46-18-9-8-16-44(46)45-17-10-11-19-47(45)50(48)33-42;1-7-5-3-2-4-6-7/h3-33H,1-2H3;2-6H,1H3. The highest BCUT2D eigenvalue weighted by molar-refractivity contribution is 6.25. The molecular weight excluding hydrogens is 699 g/mol. The molecule has 0 bridgehead atoms. The SMILES string of the molecule is Cc1ccccc1.Cc1ccccc1-c1cc(-c2ccc(N(c3ccc(-c4ccccc4)cc3)c3ccc4c5ccccc5c5ccccc5c4c3)cc2)ccc1C. The van der Waals surface area contributed by atoms with Crippen molar-refractivity contribution in [3.8, 4) is 33.4 Å². The first-order valence-electron chi connectivity index (χ1n) is 20.1. The lowest BCUT2D eigenvalue weighted by Gasteiger charge is -2.27. The minimum Gasteiger partial charge on any atom is -0.310 e. The first kappa shape index (κ1) is 36.4. The van der Waals surface area contributed by atoms with Crippen LogP contribution in [-0.4, -0.2) is 0 Å². The zero-order chi connectivity index (χ0) is 39.4. The van der Waals surface area contributed by atoms with E-state index in [0.717, 1.165) is 17.1 Å². The second kappa shape index (κ2) is 16.1. The highest BCUT2D eigenvalue weighted by Crippen LogP contribution is 2.42. The van der Waals surface area contributed by atoms with Crippen molar-refractivity contribution in [3.05, 3.63) is 235 Å². The zero-order valence-corrected chi connectivity index (χ0v) is 33.2. The second-order valence-corrected chi connectivity index (χ2v) is 15.1. The summed E-state index contributed by atoms with van der Waals surface area (Å²) in [6.45, 7) is 6.47. The lowest BCUT2D eigenvalue weighted by molar-refractivity contribution is 1.29. The van der Waals surface area contributed by atoms with Crippen LogP contribution in [0.4, 0.5) is 17.1 Å². The molecule has 0 amide bonds. The average Bonchev–Trinajstić information content (AvgIpc) is 3.28. The molecule has 0 aromatic heterocycles.